The van der Waals surface area contributed by atoms with E-state index in [1.807, 2.05) is 0 Å². The molecule has 3 heteroatoms. The predicted octanol–water partition coefficient (Wildman–Crippen LogP) is 3.33. The van der Waals surface area contributed by atoms with E-state index in [-0.39, 0.29) is 5.60 Å². The Kier molecular flexibility index (Phi) is 6.28. The molecule has 0 aromatic rings. The first-order valence-corrected chi connectivity index (χ1v) is 7.65. The Morgan fingerprint density at radius 3 is 2.11 bits per heavy atom. The average Bonchev–Trinajstić information content (AvgIpc) is 2.15. The lowest BCUT2D eigenvalue weighted by atomic mass is 9.90. The van der Waals surface area contributed by atoms with Crippen molar-refractivity contribution in [3.05, 3.63) is 0 Å². The van der Waals surface area contributed by atoms with Gasteiger partial charge >= 0.3 is 0 Å². The zero-order valence-corrected chi connectivity index (χ0v) is 13.8. The number of ether oxygens (including phenoxy) is 2. The summed E-state index contributed by atoms with van der Waals surface area (Å²) in [6.07, 6.45) is 2.20. The zero-order chi connectivity index (χ0) is 14.5. The molecule has 0 radical (unpaired) electrons. The number of likely N-dealkylation sites (tertiary alicyclic amines) is 1. The third-order valence-corrected chi connectivity index (χ3v) is 3.54. The largest absolute Gasteiger partial charge is 0.381 e. The van der Waals surface area contributed by atoms with Crippen molar-refractivity contribution in [3.63, 3.8) is 0 Å². The standard InChI is InChI=1S/C16H33NO2/c1-15(2,3)17-12-14(13-17)8-11-18-9-7-10-19-16(4,5)6/h14H,7-13H2,1-6H3. The molecule has 3 nitrogen and oxygen atoms in total. The van der Waals surface area contributed by atoms with Gasteiger partial charge in [0.05, 0.1) is 5.60 Å². The molecule has 0 aromatic heterocycles. The second kappa shape index (κ2) is 7.05. The molecular weight excluding hydrogens is 238 g/mol. The van der Waals surface area contributed by atoms with Crippen LogP contribution in [0.3, 0.4) is 0 Å². The number of hydrogen-bond donors (Lipinski definition) is 0. The zero-order valence-electron chi connectivity index (χ0n) is 13.8. The summed E-state index contributed by atoms with van der Waals surface area (Å²) in [7, 11) is 0. The fourth-order valence-corrected chi connectivity index (χ4v) is 2.19. The van der Waals surface area contributed by atoms with Crippen LogP contribution in [0, 0.1) is 5.92 Å². The lowest BCUT2D eigenvalue weighted by Gasteiger charge is -2.47. The summed E-state index contributed by atoms with van der Waals surface area (Å²) in [4.78, 5) is 2.54. The van der Waals surface area contributed by atoms with Gasteiger partial charge in [-0.15, -0.1) is 0 Å². The normalized spacial score (nSPS) is 18.6. The molecule has 1 heterocycles. The van der Waals surface area contributed by atoms with E-state index in [9.17, 15) is 0 Å². The van der Waals surface area contributed by atoms with Crippen molar-refractivity contribution in [1.82, 2.24) is 4.90 Å². The fourth-order valence-electron chi connectivity index (χ4n) is 2.19. The highest BCUT2D eigenvalue weighted by atomic mass is 16.5. The number of nitrogens with zero attached hydrogens (tertiary/aromatic N) is 1. The van der Waals surface area contributed by atoms with Crippen LogP contribution in [0.15, 0.2) is 0 Å². The highest BCUT2D eigenvalue weighted by Gasteiger charge is 2.33. The van der Waals surface area contributed by atoms with E-state index in [1.54, 1.807) is 0 Å². The van der Waals surface area contributed by atoms with Crippen LogP contribution in [0.25, 0.3) is 0 Å². The van der Waals surface area contributed by atoms with E-state index in [0.29, 0.717) is 5.54 Å². The van der Waals surface area contributed by atoms with Crippen molar-refractivity contribution in [2.75, 3.05) is 32.9 Å². The van der Waals surface area contributed by atoms with Gasteiger partial charge in [0.15, 0.2) is 0 Å². The van der Waals surface area contributed by atoms with Crippen LogP contribution < -0.4 is 0 Å². The van der Waals surface area contributed by atoms with Gasteiger partial charge < -0.3 is 9.47 Å². The fraction of sp³-hybridized carbons (Fsp3) is 1.00. The van der Waals surface area contributed by atoms with Crippen LogP contribution in [-0.2, 0) is 9.47 Å². The molecule has 1 aliphatic rings. The van der Waals surface area contributed by atoms with Crippen molar-refractivity contribution in [3.8, 4) is 0 Å². The Balaban J connectivity index is 1.88. The van der Waals surface area contributed by atoms with E-state index in [0.717, 1.165) is 32.2 Å². The molecule has 1 aliphatic heterocycles. The third-order valence-electron chi connectivity index (χ3n) is 3.54. The lowest BCUT2D eigenvalue weighted by Crippen LogP contribution is -2.55. The first-order chi connectivity index (χ1) is 8.68. The molecule has 1 fully saturated rings. The molecule has 114 valence electrons. The maximum absolute atomic E-state index is 5.68. The monoisotopic (exact) mass is 271 g/mol. The average molecular weight is 271 g/mol. The van der Waals surface area contributed by atoms with E-state index >= 15 is 0 Å². The summed E-state index contributed by atoms with van der Waals surface area (Å²) in [6, 6.07) is 0. The molecule has 1 saturated heterocycles. The van der Waals surface area contributed by atoms with Crippen LogP contribution in [0.2, 0.25) is 0 Å². The topological polar surface area (TPSA) is 21.7 Å². The van der Waals surface area contributed by atoms with Gasteiger partial charge in [-0.1, -0.05) is 0 Å². The Hall–Kier alpha value is -0.120. The first kappa shape index (κ1) is 16.9. The molecule has 0 unspecified atom stereocenters. The van der Waals surface area contributed by atoms with Crippen LogP contribution in [0.5, 0.6) is 0 Å². The van der Waals surface area contributed by atoms with Gasteiger partial charge in [0.25, 0.3) is 0 Å². The molecule has 0 spiro atoms. The van der Waals surface area contributed by atoms with Gasteiger partial charge in [-0.25, -0.2) is 0 Å². The first-order valence-electron chi connectivity index (χ1n) is 7.65. The summed E-state index contributed by atoms with van der Waals surface area (Å²) in [5.74, 6) is 0.838. The number of hydrogen-bond acceptors (Lipinski definition) is 3. The van der Waals surface area contributed by atoms with Crippen molar-refractivity contribution >= 4 is 0 Å². The third kappa shape index (κ3) is 7.28. The van der Waals surface area contributed by atoms with Gasteiger partial charge in [-0.2, -0.15) is 0 Å². The quantitative estimate of drug-likeness (QED) is 0.663. The van der Waals surface area contributed by atoms with Crippen molar-refractivity contribution < 1.29 is 9.47 Å². The molecule has 0 saturated carbocycles. The van der Waals surface area contributed by atoms with E-state index in [4.69, 9.17) is 9.47 Å². The Morgan fingerprint density at radius 2 is 1.58 bits per heavy atom. The van der Waals surface area contributed by atoms with Crippen LogP contribution in [0.1, 0.15) is 54.4 Å². The molecule has 0 N–H and O–H groups in total. The van der Waals surface area contributed by atoms with Gasteiger partial charge in [-0.3, -0.25) is 4.90 Å². The summed E-state index contributed by atoms with van der Waals surface area (Å²) in [5, 5.41) is 0. The van der Waals surface area contributed by atoms with Gasteiger partial charge in [0.1, 0.15) is 0 Å². The second-order valence-corrected chi connectivity index (χ2v) is 7.66. The SMILES string of the molecule is CC(C)(C)OCCCOCCC1CN(C(C)(C)C)C1. The van der Waals surface area contributed by atoms with Crippen molar-refractivity contribution in [1.29, 1.82) is 0 Å². The van der Waals surface area contributed by atoms with Crippen molar-refractivity contribution in [2.24, 2.45) is 5.92 Å². The number of rotatable bonds is 7. The minimum absolute atomic E-state index is 0.0255. The van der Waals surface area contributed by atoms with E-state index in [1.165, 1.54) is 19.5 Å². The van der Waals surface area contributed by atoms with E-state index < -0.39 is 0 Å². The Labute approximate surface area is 119 Å². The maximum Gasteiger partial charge on any atom is 0.0598 e. The Bertz CT molecular complexity index is 246. The van der Waals surface area contributed by atoms with Gasteiger partial charge in [0, 0.05) is 38.4 Å². The van der Waals surface area contributed by atoms with Crippen LogP contribution >= 0.6 is 0 Å². The molecule has 19 heavy (non-hydrogen) atoms. The van der Waals surface area contributed by atoms with Crippen LogP contribution in [0.4, 0.5) is 0 Å². The molecule has 0 aliphatic carbocycles. The highest BCUT2D eigenvalue weighted by molar-refractivity contribution is 4.88. The highest BCUT2D eigenvalue weighted by Crippen LogP contribution is 2.27. The smallest absolute Gasteiger partial charge is 0.0598 e. The summed E-state index contributed by atoms with van der Waals surface area (Å²) < 4.78 is 11.3. The maximum atomic E-state index is 5.68. The minimum Gasteiger partial charge on any atom is -0.381 e. The molecule has 0 atom stereocenters. The van der Waals surface area contributed by atoms with Crippen LogP contribution in [-0.4, -0.2) is 49.0 Å². The molecule has 0 amide bonds. The molecular formula is C16H33NO2. The predicted molar refractivity (Wildman–Crippen MR) is 80.6 cm³/mol. The molecule has 0 aromatic carbocycles. The Morgan fingerprint density at radius 1 is 0.947 bits per heavy atom. The molecule has 1 rings (SSSR count). The summed E-state index contributed by atoms with van der Waals surface area (Å²) in [5.41, 5.74) is 0.310. The second-order valence-electron chi connectivity index (χ2n) is 7.66. The summed E-state index contributed by atoms with van der Waals surface area (Å²) >= 11 is 0. The van der Waals surface area contributed by atoms with Gasteiger partial charge in [0.2, 0.25) is 0 Å². The van der Waals surface area contributed by atoms with Gasteiger partial charge in [-0.05, 0) is 60.3 Å². The lowest BCUT2D eigenvalue weighted by molar-refractivity contribution is -0.0215. The summed E-state index contributed by atoms with van der Waals surface area (Å²) in [6.45, 7) is 18.1. The van der Waals surface area contributed by atoms with Crippen molar-refractivity contribution in [2.45, 2.75) is 65.5 Å². The molecule has 0 bridgehead atoms. The van der Waals surface area contributed by atoms with E-state index in [2.05, 4.69) is 46.4 Å². The minimum atomic E-state index is -0.0255.